The number of hydrogen-bond acceptors (Lipinski definition) is 2. The molecule has 3 aromatic rings. The van der Waals surface area contributed by atoms with Gasteiger partial charge in [-0.1, -0.05) is 46.3 Å². The van der Waals surface area contributed by atoms with Crippen LogP contribution in [0.25, 0.3) is 10.8 Å². The Bertz CT molecular complexity index is 907. The van der Waals surface area contributed by atoms with E-state index in [2.05, 4.69) is 26.6 Å². The molecule has 2 amide bonds. The predicted molar refractivity (Wildman–Crippen MR) is 104 cm³/mol. The Morgan fingerprint density at radius 2 is 1.60 bits per heavy atom. The zero-order valence-electron chi connectivity index (χ0n) is 13.5. The lowest BCUT2D eigenvalue weighted by molar-refractivity contribution is -0.116. The SMILES string of the molecule is O=C(CCNC(=O)c1ccc(Br)cc1)Nc1ccc2ccccc2c1. The number of carbonyl (C=O) groups excluding carboxylic acids is 2. The Balaban J connectivity index is 1.50. The Labute approximate surface area is 154 Å². The van der Waals surface area contributed by atoms with Gasteiger partial charge in [-0.25, -0.2) is 0 Å². The van der Waals surface area contributed by atoms with Gasteiger partial charge in [0.2, 0.25) is 5.91 Å². The summed E-state index contributed by atoms with van der Waals surface area (Å²) < 4.78 is 0.916. The molecule has 0 aromatic heterocycles. The number of carbonyl (C=O) groups is 2. The average Bonchev–Trinajstić information content (AvgIpc) is 2.62. The molecular formula is C20H17BrN2O2. The standard InChI is InChI=1S/C20H17BrN2O2/c21-17-8-5-15(6-9-17)20(25)22-12-11-19(24)23-18-10-7-14-3-1-2-4-16(14)13-18/h1-10,13H,11-12H2,(H,22,25)(H,23,24). The van der Waals surface area contributed by atoms with E-state index in [-0.39, 0.29) is 24.8 Å². The lowest BCUT2D eigenvalue weighted by atomic mass is 10.1. The van der Waals surface area contributed by atoms with Crippen LogP contribution in [-0.2, 0) is 4.79 Å². The molecule has 0 spiro atoms. The summed E-state index contributed by atoms with van der Waals surface area (Å²) in [5.41, 5.74) is 1.32. The van der Waals surface area contributed by atoms with E-state index in [9.17, 15) is 9.59 Å². The van der Waals surface area contributed by atoms with Crippen molar-refractivity contribution in [3.63, 3.8) is 0 Å². The van der Waals surface area contributed by atoms with Crippen LogP contribution in [0.15, 0.2) is 71.2 Å². The van der Waals surface area contributed by atoms with Crippen molar-refractivity contribution in [3.05, 3.63) is 76.8 Å². The van der Waals surface area contributed by atoms with Gasteiger partial charge in [0.1, 0.15) is 0 Å². The van der Waals surface area contributed by atoms with Gasteiger partial charge >= 0.3 is 0 Å². The summed E-state index contributed by atoms with van der Waals surface area (Å²) in [7, 11) is 0. The molecule has 4 nitrogen and oxygen atoms in total. The van der Waals surface area contributed by atoms with Crippen LogP contribution in [-0.4, -0.2) is 18.4 Å². The fourth-order valence-electron chi connectivity index (χ4n) is 2.48. The monoisotopic (exact) mass is 396 g/mol. The van der Waals surface area contributed by atoms with Crippen molar-refractivity contribution in [1.29, 1.82) is 0 Å². The van der Waals surface area contributed by atoms with Crippen LogP contribution in [0.1, 0.15) is 16.8 Å². The Hall–Kier alpha value is -2.66. The largest absolute Gasteiger partial charge is 0.352 e. The Morgan fingerprint density at radius 3 is 2.36 bits per heavy atom. The molecular weight excluding hydrogens is 380 g/mol. The minimum Gasteiger partial charge on any atom is -0.352 e. The summed E-state index contributed by atoms with van der Waals surface area (Å²) in [5, 5.41) is 7.81. The van der Waals surface area contributed by atoms with Gasteiger partial charge in [-0.2, -0.15) is 0 Å². The summed E-state index contributed by atoms with van der Waals surface area (Å²) in [6, 6.07) is 20.8. The normalized spacial score (nSPS) is 10.4. The molecule has 0 fully saturated rings. The lowest BCUT2D eigenvalue weighted by Gasteiger charge is -2.08. The number of fused-ring (bicyclic) bond motifs is 1. The molecule has 0 saturated carbocycles. The second-order valence-corrected chi connectivity index (χ2v) is 6.54. The highest BCUT2D eigenvalue weighted by molar-refractivity contribution is 9.10. The molecule has 5 heteroatoms. The highest BCUT2D eigenvalue weighted by Crippen LogP contribution is 2.18. The summed E-state index contributed by atoms with van der Waals surface area (Å²) in [4.78, 5) is 24.0. The Morgan fingerprint density at radius 1 is 0.880 bits per heavy atom. The third-order valence-electron chi connectivity index (χ3n) is 3.78. The number of anilines is 1. The van der Waals surface area contributed by atoms with E-state index in [0.29, 0.717) is 5.56 Å². The molecule has 25 heavy (non-hydrogen) atoms. The molecule has 0 unspecified atom stereocenters. The van der Waals surface area contributed by atoms with E-state index in [0.717, 1.165) is 20.9 Å². The first kappa shape index (κ1) is 17.2. The maximum atomic E-state index is 12.0. The minimum absolute atomic E-state index is 0.133. The summed E-state index contributed by atoms with van der Waals surface area (Å²) in [5.74, 6) is -0.322. The van der Waals surface area contributed by atoms with Crippen LogP contribution < -0.4 is 10.6 Å². The summed E-state index contributed by atoms with van der Waals surface area (Å²) in [6.07, 6.45) is 0.217. The molecule has 0 atom stereocenters. The maximum absolute atomic E-state index is 12.0. The van der Waals surface area contributed by atoms with Crippen LogP contribution in [0.3, 0.4) is 0 Å². The van der Waals surface area contributed by atoms with Crippen LogP contribution >= 0.6 is 15.9 Å². The van der Waals surface area contributed by atoms with Gasteiger partial charge in [-0.3, -0.25) is 9.59 Å². The molecule has 0 aliphatic heterocycles. The quantitative estimate of drug-likeness (QED) is 0.672. The van der Waals surface area contributed by atoms with Gasteiger partial charge in [0.25, 0.3) is 5.91 Å². The van der Waals surface area contributed by atoms with Gasteiger partial charge < -0.3 is 10.6 Å². The maximum Gasteiger partial charge on any atom is 0.251 e. The van der Waals surface area contributed by atoms with Gasteiger partial charge in [-0.05, 0) is 47.2 Å². The third kappa shape index (κ3) is 4.67. The lowest BCUT2D eigenvalue weighted by Crippen LogP contribution is -2.27. The smallest absolute Gasteiger partial charge is 0.251 e. The van der Waals surface area contributed by atoms with Crippen molar-refractivity contribution >= 4 is 44.2 Å². The van der Waals surface area contributed by atoms with E-state index < -0.39 is 0 Å². The first-order valence-corrected chi connectivity index (χ1v) is 8.73. The molecule has 0 heterocycles. The topological polar surface area (TPSA) is 58.2 Å². The molecule has 0 bridgehead atoms. The number of benzene rings is 3. The van der Waals surface area contributed by atoms with Gasteiger partial charge in [0.05, 0.1) is 0 Å². The first-order chi connectivity index (χ1) is 12.1. The van der Waals surface area contributed by atoms with Gasteiger partial charge in [-0.15, -0.1) is 0 Å². The van der Waals surface area contributed by atoms with Crippen LogP contribution in [0.5, 0.6) is 0 Å². The van der Waals surface area contributed by atoms with E-state index in [1.807, 2.05) is 42.5 Å². The minimum atomic E-state index is -0.189. The number of nitrogens with one attached hydrogen (secondary N) is 2. The van der Waals surface area contributed by atoms with Crippen molar-refractivity contribution in [2.45, 2.75) is 6.42 Å². The first-order valence-electron chi connectivity index (χ1n) is 7.94. The van der Waals surface area contributed by atoms with Crippen molar-refractivity contribution in [2.75, 3.05) is 11.9 Å². The van der Waals surface area contributed by atoms with E-state index in [4.69, 9.17) is 0 Å². The van der Waals surface area contributed by atoms with Crippen molar-refractivity contribution in [2.24, 2.45) is 0 Å². The molecule has 2 N–H and O–H groups in total. The highest BCUT2D eigenvalue weighted by atomic mass is 79.9. The number of rotatable bonds is 5. The molecule has 0 radical (unpaired) electrons. The third-order valence-corrected chi connectivity index (χ3v) is 4.31. The molecule has 3 aromatic carbocycles. The summed E-state index contributed by atoms with van der Waals surface area (Å²) in [6.45, 7) is 0.286. The van der Waals surface area contributed by atoms with Crippen LogP contribution in [0, 0.1) is 0 Å². The fraction of sp³-hybridized carbons (Fsp3) is 0.100. The molecule has 0 saturated heterocycles. The average molecular weight is 397 g/mol. The van der Waals surface area contributed by atoms with Crippen molar-refractivity contribution in [3.8, 4) is 0 Å². The predicted octanol–water partition coefficient (Wildman–Crippen LogP) is 4.36. The molecule has 3 rings (SSSR count). The zero-order chi connectivity index (χ0) is 17.6. The van der Waals surface area contributed by atoms with E-state index in [1.165, 1.54) is 0 Å². The van der Waals surface area contributed by atoms with Crippen LogP contribution in [0.4, 0.5) is 5.69 Å². The van der Waals surface area contributed by atoms with Crippen molar-refractivity contribution in [1.82, 2.24) is 5.32 Å². The number of hydrogen-bond donors (Lipinski definition) is 2. The van der Waals surface area contributed by atoms with Crippen molar-refractivity contribution < 1.29 is 9.59 Å². The van der Waals surface area contributed by atoms with E-state index >= 15 is 0 Å². The Kier molecular flexibility index (Phi) is 5.46. The van der Waals surface area contributed by atoms with Gasteiger partial charge in [0.15, 0.2) is 0 Å². The van der Waals surface area contributed by atoms with Gasteiger partial charge in [0, 0.05) is 28.7 Å². The van der Waals surface area contributed by atoms with Crippen LogP contribution in [0.2, 0.25) is 0 Å². The fourth-order valence-corrected chi connectivity index (χ4v) is 2.75. The summed E-state index contributed by atoms with van der Waals surface area (Å²) >= 11 is 3.33. The molecule has 126 valence electrons. The zero-order valence-corrected chi connectivity index (χ0v) is 15.0. The number of halogens is 1. The highest BCUT2D eigenvalue weighted by Gasteiger charge is 2.07. The molecule has 0 aliphatic rings. The second-order valence-electron chi connectivity index (χ2n) is 5.62. The van der Waals surface area contributed by atoms with E-state index in [1.54, 1.807) is 24.3 Å². The number of amides is 2. The molecule has 0 aliphatic carbocycles. The second kappa shape index (κ2) is 7.94.